The lowest BCUT2D eigenvalue weighted by Crippen LogP contribution is -2.44. The molecule has 0 aliphatic carbocycles. The number of hydrogen-bond acceptors (Lipinski definition) is 3. The summed E-state index contributed by atoms with van der Waals surface area (Å²) in [5, 5.41) is 3.38. The molecule has 2 rings (SSSR count). The van der Waals surface area contributed by atoms with E-state index in [1.165, 1.54) is 11.4 Å². The van der Waals surface area contributed by atoms with Crippen LogP contribution in [-0.4, -0.2) is 42.2 Å². The Balaban J connectivity index is 2.00. The van der Waals surface area contributed by atoms with Crippen molar-refractivity contribution in [3.63, 3.8) is 0 Å². The summed E-state index contributed by atoms with van der Waals surface area (Å²) in [6.07, 6.45) is 0. The average Bonchev–Trinajstić information content (AvgIpc) is 2.29. The highest BCUT2D eigenvalue weighted by Crippen LogP contribution is 2.07. The molecule has 0 bridgehead atoms. The predicted octanol–water partition coefficient (Wildman–Crippen LogP) is 1.74. The molecule has 17 heavy (non-hydrogen) atoms. The molecule has 0 spiro atoms. The van der Waals surface area contributed by atoms with Gasteiger partial charge in [0.05, 0.1) is 0 Å². The third-order valence-electron chi connectivity index (χ3n) is 3.40. The Morgan fingerprint density at radius 3 is 2.29 bits per heavy atom. The fraction of sp³-hybridized carbons (Fsp3) is 0.615. The number of nitrogens with one attached hydrogen (secondary N) is 1. The lowest BCUT2D eigenvalue weighted by molar-refractivity contribution is 0.231. The van der Waals surface area contributed by atoms with Crippen LogP contribution in [0.25, 0.3) is 0 Å². The number of aromatic nitrogens is 1. The highest BCUT2D eigenvalue weighted by Gasteiger charge is 2.09. The van der Waals surface area contributed by atoms with E-state index in [0.717, 1.165) is 43.8 Å². The van der Waals surface area contributed by atoms with E-state index in [4.69, 9.17) is 12.2 Å². The van der Waals surface area contributed by atoms with Crippen molar-refractivity contribution < 1.29 is 0 Å². The molecule has 2 heterocycles. The monoisotopic (exact) mass is 251 g/mol. The van der Waals surface area contributed by atoms with Crippen molar-refractivity contribution in [1.82, 2.24) is 14.8 Å². The fourth-order valence-corrected chi connectivity index (χ4v) is 2.76. The van der Waals surface area contributed by atoms with Crippen molar-refractivity contribution in [3.05, 3.63) is 28.0 Å². The van der Waals surface area contributed by atoms with Crippen LogP contribution in [0.15, 0.2) is 12.1 Å². The van der Waals surface area contributed by atoms with Gasteiger partial charge in [0, 0.05) is 55.2 Å². The molecule has 1 aliphatic heterocycles. The van der Waals surface area contributed by atoms with E-state index < -0.39 is 0 Å². The normalized spacial score (nSPS) is 17.3. The lowest BCUT2D eigenvalue weighted by atomic mass is 10.3. The van der Waals surface area contributed by atoms with Gasteiger partial charge in [-0.05, 0) is 26.0 Å². The molecule has 0 unspecified atom stereocenters. The quantitative estimate of drug-likeness (QED) is 0.826. The fourth-order valence-electron chi connectivity index (χ4n) is 2.42. The van der Waals surface area contributed by atoms with E-state index in [1.807, 2.05) is 0 Å². The molecule has 3 nitrogen and oxygen atoms in total. The first kappa shape index (κ1) is 12.7. The number of hydrogen-bond donors (Lipinski definition) is 1. The van der Waals surface area contributed by atoms with Crippen molar-refractivity contribution in [2.75, 3.05) is 32.7 Å². The highest BCUT2D eigenvalue weighted by molar-refractivity contribution is 7.71. The second kappa shape index (κ2) is 5.76. The van der Waals surface area contributed by atoms with E-state index in [2.05, 4.69) is 40.8 Å². The van der Waals surface area contributed by atoms with Crippen molar-refractivity contribution >= 4 is 12.2 Å². The van der Waals surface area contributed by atoms with E-state index in [9.17, 15) is 0 Å². The molecule has 1 fully saturated rings. The summed E-state index contributed by atoms with van der Waals surface area (Å²) in [5.74, 6) is 0. The Morgan fingerprint density at radius 2 is 1.71 bits per heavy atom. The maximum absolute atomic E-state index is 5.22. The SMILES string of the molecule is Cc1cc(=S)cc(C)n1CCN1CCNCC1. The van der Waals surface area contributed by atoms with Gasteiger partial charge in [0.2, 0.25) is 0 Å². The molecular weight excluding hydrogens is 230 g/mol. The zero-order valence-corrected chi connectivity index (χ0v) is 11.5. The summed E-state index contributed by atoms with van der Waals surface area (Å²) >= 11 is 5.22. The largest absolute Gasteiger partial charge is 0.348 e. The van der Waals surface area contributed by atoms with Gasteiger partial charge in [-0.1, -0.05) is 12.2 Å². The van der Waals surface area contributed by atoms with Crippen LogP contribution in [0.2, 0.25) is 0 Å². The summed E-state index contributed by atoms with van der Waals surface area (Å²) in [7, 11) is 0. The van der Waals surface area contributed by atoms with Gasteiger partial charge in [0.15, 0.2) is 0 Å². The summed E-state index contributed by atoms with van der Waals surface area (Å²) in [4.78, 5) is 2.52. The van der Waals surface area contributed by atoms with Crippen LogP contribution in [0.4, 0.5) is 0 Å². The summed E-state index contributed by atoms with van der Waals surface area (Å²) in [6.45, 7) is 11.0. The van der Waals surface area contributed by atoms with Crippen molar-refractivity contribution in [2.24, 2.45) is 0 Å². The van der Waals surface area contributed by atoms with E-state index in [-0.39, 0.29) is 0 Å². The molecule has 1 aromatic rings. The van der Waals surface area contributed by atoms with Gasteiger partial charge in [-0.2, -0.15) is 0 Å². The molecule has 4 heteroatoms. The first-order chi connectivity index (χ1) is 8.16. The number of rotatable bonds is 3. The minimum absolute atomic E-state index is 0.943. The van der Waals surface area contributed by atoms with Crippen LogP contribution in [0.3, 0.4) is 0 Å². The van der Waals surface area contributed by atoms with Crippen molar-refractivity contribution in [3.8, 4) is 0 Å². The Kier molecular flexibility index (Phi) is 4.31. The van der Waals surface area contributed by atoms with E-state index in [1.54, 1.807) is 0 Å². The van der Waals surface area contributed by atoms with Gasteiger partial charge < -0.3 is 9.88 Å². The van der Waals surface area contributed by atoms with E-state index in [0.29, 0.717) is 0 Å². The first-order valence-electron chi connectivity index (χ1n) is 6.28. The second-order valence-corrected chi connectivity index (χ2v) is 5.19. The molecule has 0 amide bonds. The number of pyridine rings is 1. The van der Waals surface area contributed by atoms with Crippen LogP contribution < -0.4 is 5.32 Å². The molecule has 1 N–H and O–H groups in total. The molecule has 0 aromatic carbocycles. The summed E-state index contributed by atoms with van der Waals surface area (Å²) < 4.78 is 3.30. The molecule has 0 atom stereocenters. The van der Waals surface area contributed by atoms with Gasteiger partial charge in [-0.25, -0.2) is 0 Å². The maximum atomic E-state index is 5.22. The summed E-state index contributed by atoms with van der Waals surface area (Å²) in [5.41, 5.74) is 2.54. The van der Waals surface area contributed by atoms with Crippen LogP contribution in [-0.2, 0) is 6.54 Å². The Bertz CT molecular complexity index is 407. The van der Waals surface area contributed by atoms with Crippen LogP contribution in [0.1, 0.15) is 11.4 Å². The zero-order chi connectivity index (χ0) is 12.3. The maximum Gasteiger partial charge on any atom is 0.0411 e. The zero-order valence-electron chi connectivity index (χ0n) is 10.7. The van der Waals surface area contributed by atoms with Gasteiger partial charge in [0.25, 0.3) is 0 Å². The Labute approximate surface area is 108 Å². The van der Waals surface area contributed by atoms with Crippen LogP contribution in [0, 0.1) is 18.4 Å². The Morgan fingerprint density at radius 1 is 1.12 bits per heavy atom. The summed E-state index contributed by atoms with van der Waals surface area (Å²) in [6, 6.07) is 4.17. The standard InChI is InChI=1S/C13H21N3S/c1-11-9-13(17)10-12(2)16(11)8-7-15-5-3-14-4-6-15/h9-10,14H,3-8H2,1-2H3. The molecule has 0 radical (unpaired) electrons. The van der Waals surface area contributed by atoms with E-state index >= 15 is 0 Å². The van der Waals surface area contributed by atoms with Gasteiger partial charge >= 0.3 is 0 Å². The van der Waals surface area contributed by atoms with Crippen LogP contribution >= 0.6 is 12.2 Å². The third kappa shape index (κ3) is 3.37. The van der Waals surface area contributed by atoms with Crippen molar-refractivity contribution in [1.29, 1.82) is 0 Å². The molecular formula is C13H21N3S. The van der Waals surface area contributed by atoms with Gasteiger partial charge in [-0.3, -0.25) is 4.90 Å². The molecule has 1 saturated heterocycles. The minimum Gasteiger partial charge on any atom is -0.348 e. The smallest absolute Gasteiger partial charge is 0.0411 e. The number of nitrogens with zero attached hydrogens (tertiary/aromatic N) is 2. The minimum atomic E-state index is 0.943. The third-order valence-corrected chi connectivity index (χ3v) is 3.64. The first-order valence-corrected chi connectivity index (χ1v) is 6.69. The number of piperazine rings is 1. The highest BCUT2D eigenvalue weighted by atomic mass is 32.1. The van der Waals surface area contributed by atoms with Crippen LogP contribution in [0.5, 0.6) is 0 Å². The topological polar surface area (TPSA) is 20.2 Å². The van der Waals surface area contributed by atoms with Gasteiger partial charge in [0.1, 0.15) is 0 Å². The Hall–Kier alpha value is -0.710. The lowest BCUT2D eigenvalue weighted by Gasteiger charge is -2.28. The van der Waals surface area contributed by atoms with Crippen molar-refractivity contribution in [2.45, 2.75) is 20.4 Å². The average molecular weight is 251 g/mol. The molecule has 1 aromatic heterocycles. The molecule has 0 saturated carbocycles. The predicted molar refractivity (Wildman–Crippen MR) is 74.0 cm³/mol. The molecule has 94 valence electrons. The van der Waals surface area contributed by atoms with Gasteiger partial charge in [-0.15, -0.1) is 0 Å². The molecule has 1 aliphatic rings. The number of aryl methyl sites for hydroxylation is 2. The second-order valence-electron chi connectivity index (χ2n) is 4.72.